The Labute approximate surface area is 168 Å². The Morgan fingerprint density at radius 2 is 1.89 bits per heavy atom. The molecule has 0 aromatic heterocycles. The monoisotopic (exact) mass is 483 g/mol. The molecule has 4 atom stereocenters. The van der Waals surface area contributed by atoms with Crippen LogP contribution in [0.3, 0.4) is 0 Å². The molecule has 1 aromatic rings. The van der Waals surface area contributed by atoms with E-state index in [2.05, 4.69) is 22.6 Å². The van der Waals surface area contributed by atoms with Crippen LogP contribution in [0.4, 0.5) is 0 Å². The minimum Gasteiger partial charge on any atom is -0.512 e. The highest BCUT2D eigenvalue weighted by atomic mass is 127. The number of allylic oxidation sites excluding steroid dienone is 2. The molecule has 27 heavy (non-hydrogen) atoms. The second-order valence-corrected chi connectivity index (χ2v) is 8.51. The van der Waals surface area contributed by atoms with Gasteiger partial charge < -0.3 is 26.2 Å². The first kappa shape index (κ1) is 18.3. The number of hydrogen-bond donors (Lipinski definition) is 5. The van der Waals surface area contributed by atoms with Gasteiger partial charge in [0.15, 0.2) is 5.78 Å². The summed E-state index contributed by atoms with van der Waals surface area (Å²) in [4.78, 5) is 24.7. The number of phenolic OH excluding ortho intramolecular Hbond substituents is 1. The third-order valence-corrected chi connectivity index (χ3v) is 6.93. The number of aliphatic hydroxyl groups excluding tert-OH is 3. The smallest absolute Gasteiger partial charge is 0.250 e. The Hall–Kier alpha value is -2.07. The minimum atomic E-state index is -1.48. The van der Waals surface area contributed by atoms with Crippen LogP contribution in [0.25, 0.3) is 0 Å². The zero-order valence-electron chi connectivity index (χ0n) is 14.1. The molecule has 1 aromatic carbocycles. The third kappa shape index (κ3) is 2.57. The number of hydrogen-bond acceptors (Lipinski definition) is 6. The van der Waals surface area contributed by atoms with Crippen LogP contribution in [0, 0.1) is 21.3 Å². The molecule has 0 heterocycles. The molecule has 0 fully saturated rings. The molecule has 4 rings (SSSR count). The van der Waals surface area contributed by atoms with Gasteiger partial charge in [-0.25, -0.2) is 0 Å². The van der Waals surface area contributed by atoms with Crippen molar-refractivity contribution in [1.82, 2.24) is 0 Å². The lowest BCUT2D eigenvalue weighted by Gasteiger charge is -2.43. The summed E-state index contributed by atoms with van der Waals surface area (Å²) in [6.45, 7) is 0. The van der Waals surface area contributed by atoms with E-state index in [0.717, 1.165) is 9.13 Å². The number of phenols is 1. The van der Waals surface area contributed by atoms with E-state index in [-0.39, 0.29) is 52.2 Å². The molecule has 0 bridgehead atoms. The van der Waals surface area contributed by atoms with Crippen molar-refractivity contribution in [3.8, 4) is 5.75 Å². The lowest BCUT2D eigenvalue weighted by Crippen LogP contribution is -2.45. The molecule has 1 amide bonds. The largest absolute Gasteiger partial charge is 0.512 e. The molecule has 0 aliphatic heterocycles. The number of aliphatic hydroxyl groups is 3. The van der Waals surface area contributed by atoms with Gasteiger partial charge in [-0.1, -0.05) is 0 Å². The zero-order chi connectivity index (χ0) is 19.6. The lowest BCUT2D eigenvalue weighted by molar-refractivity contribution is -0.116. The number of halogens is 1. The SMILES string of the molecule is NC(=O)C1=C(O)C[C@@H]2CC3Cc4c(I)ccc(O)c4C(=O)C3=C(O)C2C1O. The molecule has 0 spiro atoms. The van der Waals surface area contributed by atoms with Crippen LogP contribution in [-0.4, -0.2) is 38.2 Å². The normalized spacial score (nSPS) is 29.9. The van der Waals surface area contributed by atoms with Crippen molar-refractivity contribution in [2.45, 2.75) is 25.4 Å². The predicted octanol–water partition coefficient (Wildman–Crippen LogP) is 1.86. The Morgan fingerprint density at radius 3 is 2.56 bits per heavy atom. The highest BCUT2D eigenvalue weighted by Crippen LogP contribution is 2.50. The molecule has 3 aliphatic carbocycles. The summed E-state index contributed by atoms with van der Waals surface area (Å²) in [6, 6.07) is 3.18. The maximum atomic E-state index is 13.1. The maximum Gasteiger partial charge on any atom is 0.250 e. The number of Topliss-reactive ketones (excluding diaryl/α,β-unsaturated/α-hetero) is 1. The fraction of sp³-hybridized carbons (Fsp3) is 0.368. The quantitative estimate of drug-likeness (QED) is 0.387. The minimum absolute atomic E-state index is 0.103. The van der Waals surface area contributed by atoms with Crippen molar-refractivity contribution in [3.63, 3.8) is 0 Å². The second-order valence-electron chi connectivity index (χ2n) is 7.34. The van der Waals surface area contributed by atoms with Gasteiger partial charge in [0.2, 0.25) is 0 Å². The molecule has 0 saturated carbocycles. The summed E-state index contributed by atoms with van der Waals surface area (Å²) in [5.41, 5.74) is 6.04. The molecular formula is C19H18INO6. The number of benzene rings is 1. The fourth-order valence-corrected chi connectivity index (χ4v) is 5.46. The van der Waals surface area contributed by atoms with E-state index in [1.54, 1.807) is 6.07 Å². The fourth-order valence-electron chi connectivity index (χ4n) is 4.79. The van der Waals surface area contributed by atoms with Crippen LogP contribution in [0.5, 0.6) is 5.75 Å². The van der Waals surface area contributed by atoms with E-state index < -0.39 is 23.7 Å². The number of fused-ring (bicyclic) bond motifs is 3. The van der Waals surface area contributed by atoms with Crippen LogP contribution in [0.2, 0.25) is 0 Å². The van der Waals surface area contributed by atoms with Gasteiger partial charge >= 0.3 is 0 Å². The number of carbonyl (C=O) groups is 2. The van der Waals surface area contributed by atoms with Crippen molar-refractivity contribution in [3.05, 3.63) is 49.5 Å². The van der Waals surface area contributed by atoms with Gasteiger partial charge in [-0.15, -0.1) is 0 Å². The van der Waals surface area contributed by atoms with E-state index >= 15 is 0 Å². The van der Waals surface area contributed by atoms with E-state index in [9.17, 15) is 30.0 Å². The number of carbonyl (C=O) groups excluding carboxylic acids is 2. The first-order valence-corrected chi connectivity index (χ1v) is 9.68. The molecule has 0 saturated heterocycles. The first-order valence-electron chi connectivity index (χ1n) is 8.60. The number of aromatic hydroxyl groups is 1. The van der Waals surface area contributed by atoms with Crippen molar-refractivity contribution < 1.29 is 30.0 Å². The molecule has 0 radical (unpaired) electrons. The lowest BCUT2D eigenvalue weighted by atomic mass is 9.62. The van der Waals surface area contributed by atoms with Gasteiger partial charge in [-0.3, -0.25) is 9.59 Å². The second kappa shape index (κ2) is 6.23. The van der Waals surface area contributed by atoms with Crippen molar-refractivity contribution in [2.75, 3.05) is 0 Å². The summed E-state index contributed by atoms with van der Waals surface area (Å²) in [5, 5.41) is 41.8. The van der Waals surface area contributed by atoms with E-state index in [1.807, 2.05) is 0 Å². The Bertz CT molecular complexity index is 950. The molecule has 3 aliphatic rings. The Kier molecular flexibility index (Phi) is 4.22. The molecule has 142 valence electrons. The van der Waals surface area contributed by atoms with Crippen LogP contribution < -0.4 is 5.73 Å². The van der Waals surface area contributed by atoms with Gasteiger partial charge in [-0.2, -0.15) is 0 Å². The number of ketones is 1. The standard InChI is InChI=1S/C19H18INO6/c20-9-1-2-10(22)14-8(9)4-6-3-7-5-11(23)15(19(21)27)18(26)13(7)16(24)12(6)17(14)25/h1-2,6-7,13,18,22-24,26H,3-5H2,(H2,21,27)/t6?,7-,13?,18?/m0/s1. The van der Waals surface area contributed by atoms with Gasteiger partial charge in [0.05, 0.1) is 23.2 Å². The van der Waals surface area contributed by atoms with Gasteiger partial charge in [-0.05, 0) is 65.0 Å². The number of rotatable bonds is 1. The van der Waals surface area contributed by atoms with Crippen LogP contribution in [-0.2, 0) is 11.2 Å². The van der Waals surface area contributed by atoms with Gasteiger partial charge in [0, 0.05) is 15.6 Å². The van der Waals surface area contributed by atoms with Crippen molar-refractivity contribution >= 4 is 34.3 Å². The van der Waals surface area contributed by atoms with Gasteiger partial charge in [0.1, 0.15) is 17.3 Å². The van der Waals surface area contributed by atoms with Crippen LogP contribution >= 0.6 is 22.6 Å². The average molecular weight is 483 g/mol. The molecular weight excluding hydrogens is 465 g/mol. The highest BCUT2D eigenvalue weighted by molar-refractivity contribution is 14.1. The summed E-state index contributed by atoms with van der Waals surface area (Å²) < 4.78 is 0.858. The number of amides is 1. The van der Waals surface area contributed by atoms with Gasteiger partial charge in [0.25, 0.3) is 5.91 Å². The summed E-state index contributed by atoms with van der Waals surface area (Å²) in [6.07, 6.45) is -0.437. The Balaban J connectivity index is 1.85. The zero-order valence-corrected chi connectivity index (χ0v) is 16.3. The molecule has 3 unspecified atom stereocenters. The van der Waals surface area contributed by atoms with Crippen molar-refractivity contribution in [2.24, 2.45) is 23.5 Å². The molecule has 6 N–H and O–H groups in total. The number of primary amides is 1. The summed E-state index contributed by atoms with van der Waals surface area (Å²) in [5.74, 6) is -3.57. The predicted molar refractivity (Wildman–Crippen MR) is 103 cm³/mol. The van der Waals surface area contributed by atoms with E-state index in [0.29, 0.717) is 12.8 Å². The first-order chi connectivity index (χ1) is 12.7. The maximum absolute atomic E-state index is 13.1. The molecule has 8 heteroatoms. The summed E-state index contributed by atoms with van der Waals surface area (Å²) in [7, 11) is 0. The molecule has 7 nitrogen and oxygen atoms in total. The Morgan fingerprint density at radius 1 is 1.19 bits per heavy atom. The highest BCUT2D eigenvalue weighted by Gasteiger charge is 2.50. The topological polar surface area (TPSA) is 141 Å². The van der Waals surface area contributed by atoms with Crippen molar-refractivity contribution in [1.29, 1.82) is 0 Å². The van der Waals surface area contributed by atoms with Crippen LogP contribution in [0.15, 0.2) is 34.8 Å². The number of nitrogens with two attached hydrogens (primary N) is 1. The summed E-state index contributed by atoms with van der Waals surface area (Å²) >= 11 is 2.11. The van der Waals surface area contributed by atoms with Crippen LogP contribution in [0.1, 0.15) is 28.8 Å². The van der Waals surface area contributed by atoms with E-state index in [1.165, 1.54) is 6.07 Å². The third-order valence-electron chi connectivity index (χ3n) is 5.92. The van der Waals surface area contributed by atoms with E-state index in [4.69, 9.17) is 5.73 Å². The average Bonchev–Trinajstić information content (AvgIpc) is 2.57.